The van der Waals surface area contributed by atoms with E-state index in [2.05, 4.69) is 112 Å². The van der Waals surface area contributed by atoms with Crippen LogP contribution in [-0.4, -0.2) is 23.6 Å². The average Bonchev–Trinajstić information content (AvgIpc) is 3.58. The van der Waals surface area contributed by atoms with Gasteiger partial charge in [0.1, 0.15) is 5.75 Å². The standard InChI is InChI=1S/C33H26N4OS/c1-35-18-19-36(23-35)30-22-26(21-29-28-14-5-6-15-31(28)39-33(29)30)37(24-10-3-2-4-11-24)25-12-9-13-27(20-25)38-32-16-7-8-17-34-32/h2-22H,23H2,1H3. The van der Waals surface area contributed by atoms with Gasteiger partial charge in [-0.2, -0.15) is 0 Å². The molecule has 2 aromatic heterocycles. The lowest BCUT2D eigenvalue weighted by atomic mass is 10.1. The van der Waals surface area contributed by atoms with E-state index < -0.39 is 0 Å². The van der Waals surface area contributed by atoms with Crippen molar-refractivity contribution in [2.24, 2.45) is 0 Å². The molecule has 7 rings (SSSR count). The molecule has 0 unspecified atom stereocenters. The molecule has 0 amide bonds. The minimum atomic E-state index is 0.569. The van der Waals surface area contributed by atoms with E-state index in [1.165, 1.54) is 25.9 Å². The lowest BCUT2D eigenvalue weighted by Crippen LogP contribution is -2.22. The highest BCUT2D eigenvalue weighted by atomic mass is 32.1. The Morgan fingerprint density at radius 1 is 0.744 bits per heavy atom. The zero-order valence-electron chi connectivity index (χ0n) is 21.4. The summed E-state index contributed by atoms with van der Waals surface area (Å²) in [7, 11) is 2.10. The minimum absolute atomic E-state index is 0.569. The molecule has 1 aliphatic rings. The van der Waals surface area contributed by atoms with E-state index in [9.17, 15) is 0 Å². The van der Waals surface area contributed by atoms with Crippen molar-refractivity contribution >= 4 is 54.3 Å². The normalized spacial score (nSPS) is 12.9. The van der Waals surface area contributed by atoms with Gasteiger partial charge in [0.05, 0.1) is 17.1 Å². The van der Waals surface area contributed by atoms with Gasteiger partial charge in [-0.25, -0.2) is 4.98 Å². The molecule has 0 saturated heterocycles. The summed E-state index contributed by atoms with van der Waals surface area (Å²) in [6.45, 7) is 0.811. The molecule has 0 N–H and O–H groups in total. The predicted octanol–water partition coefficient (Wildman–Crippen LogP) is 8.89. The summed E-state index contributed by atoms with van der Waals surface area (Å²) in [5, 5.41) is 2.53. The van der Waals surface area contributed by atoms with Crippen LogP contribution in [0.1, 0.15) is 0 Å². The van der Waals surface area contributed by atoms with Crippen molar-refractivity contribution in [1.29, 1.82) is 0 Å². The number of ether oxygens (including phenoxy) is 1. The molecule has 190 valence electrons. The fourth-order valence-corrected chi connectivity index (χ4v) is 6.27. The van der Waals surface area contributed by atoms with Crippen molar-refractivity contribution in [1.82, 2.24) is 9.88 Å². The number of fused-ring (bicyclic) bond motifs is 3. The van der Waals surface area contributed by atoms with Gasteiger partial charge in [-0.1, -0.05) is 48.5 Å². The topological polar surface area (TPSA) is 31.8 Å². The zero-order chi connectivity index (χ0) is 26.2. The van der Waals surface area contributed by atoms with E-state index in [0.29, 0.717) is 5.88 Å². The van der Waals surface area contributed by atoms with E-state index in [1.54, 1.807) is 6.20 Å². The van der Waals surface area contributed by atoms with Gasteiger partial charge in [-0.3, -0.25) is 0 Å². The Balaban J connectivity index is 1.42. The van der Waals surface area contributed by atoms with Crippen molar-refractivity contribution < 1.29 is 4.74 Å². The van der Waals surface area contributed by atoms with Gasteiger partial charge >= 0.3 is 0 Å². The van der Waals surface area contributed by atoms with Crippen LogP contribution >= 0.6 is 11.3 Å². The van der Waals surface area contributed by atoms with Crippen molar-refractivity contribution in [2.45, 2.75) is 0 Å². The molecule has 39 heavy (non-hydrogen) atoms. The van der Waals surface area contributed by atoms with Crippen molar-refractivity contribution in [3.8, 4) is 11.6 Å². The second-order valence-corrected chi connectivity index (χ2v) is 10.6. The molecule has 0 atom stereocenters. The van der Waals surface area contributed by atoms with Gasteiger partial charge in [-0.05, 0) is 48.5 Å². The molecule has 4 aromatic carbocycles. The Morgan fingerprint density at radius 3 is 2.38 bits per heavy atom. The molecule has 0 saturated carbocycles. The molecule has 6 aromatic rings. The average molecular weight is 527 g/mol. The van der Waals surface area contributed by atoms with Crippen molar-refractivity contribution in [3.05, 3.63) is 128 Å². The van der Waals surface area contributed by atoms with E-state index >= 15 is 0 Å². The van der Waals surface area contributed by atoms with Crippen molar-refractivity contribution in [3.63, 3.8) is 0 Å². The summed E-state index contributed by atoms with van der Waals surface area (Å²) in [6, 6.07) is 37.7. The third kappa shape index (κ3) is 4.45. The number of nitrogens with zero attached hydrogens (tertiary/aromatic N) is 4. The van der Waals surface area contributed by atoms with Crippen LogP contribution in [-0.2, 0) is 0 Å². The molecule has 3 heterocycles. The molecule has 0 radical (unpaired) electrons. The smallest absolute Gasteiger partial charge is 0.219 e. The van der Waals surface area contributed by atoms with Gasteiger partial charge in [0, 0.05) is 70.3 Å². The van der Waals surface area contributed by atoms with E-state index in [4.69, 9.17) is 4.74 Å². The Bertz CT molecular complexity index is 1800. The molecule has 1 aliphatic heterocycles. The third-order valence-corrected chi connectivity index (χ3v) is 8.05. The number of rotatable bonds is 6. The first-order chi connectivity index (χ1) is 19.2. The molecule has 6 heteroatoms. The first-order valence-corrected chi connectivity index (χ1v) is 13.7. The Labute approximate surface area is 231 Å². The van der Waals surface area contributed by atoms with Crippen LogP contribution in [0.3, 0.4) is 0 Å². The third-order valence-electron chi connectivity index (χ3n) is 6.84. The van der Waals surface area contributed by atoms with Gasteiger partial charge in [0.25, 0.3) is 0 Å². The van der Waals surface area contributed by atoms with Crippen LogP contribution in [0.25, 0.3) is 20.2 Å². The van der Waals surface area contributed by atoms with Crippen LogP contribution in [0.15, 0.2) is 128 Å². The second-order valence-electron chi connectivity index (χ2n) is 9.54. The first-order valence-electron chi connectivity index (χ1n) is 12.9. The number of benzene rings is 4. The number of hydrogen-bond acceptors (Lipinski definition) is 6. The fourth-order valence-electron chi connectivity index (χ4n) is 5.06. The summed E-state index contributed by atoms with van der Waals surface area (Å²) in [4.78, 5) is 11.1. The van der Waals surface area contributed by atoms with Gasteiger partial charge in [-0.15, -0.1) is 11.3 Å². The SMILES string of the molecule is CN1C=CN(c2cc(N(c3ccccc3)c3cccc(Oc4ccccn4)c3)cc3c2sc2ccccc23)C1. The van der Waals surface area contributed by atoms with Gasteiger partial charge in [0.2, 0.25) is 5.88 Å². The summed E-state index contributed by atoms with van der Waals surface area (Å²) in [6.07, 6.45) is 6.03. The maximum atomic E-state index is 6.11. The summed E-state index contributed by atoms with van der Waals surface area (Å²) in [5.74, 6) is 1.30. The maximum absolute atomic E-state index is 6.11. The lowest BCUT2D eigenvalue weighted by molar-refractivity contribution is 0.463. The number of anilines is 4. The Hall–Kier alpha value is -4.81. The number of para-hydroxylation sites is 1. The summed E-state index contributed by atoms with van der Waals surface area (Å²) >= 11 is 1.85. The zero-order valence-corrected chi connectivity index (χ0v) is 22.3. The Kier molecular flexibility index (Phi) is 5.87. The van der Waals surface area contributed by atoms with Crippen LogP contribution < -0.4 is 14.5 Å². The minimum Gasteiger partial charge on any atom is -0.439 e. The van der Waals surface area contributed by atoms with Gasteiger partial charge in [0.15, 0.2) is 0 Å². The number of hydrogen-bond donors (Lipinski definition) is 0. The Morgan fingerprint density at radius 2 is 1.56 bits per heavy atom. The molecule has 0 spiro atoms. The molecular formula is C33H26N4OS. The maximum Gasteiger partial charge on any atom is 0.219 e. The largest absolute Gasteiger partial charge is 0.439 e. The molecule has 0 aliphatic carbocycles. The summed E-state index contributed by atoms with van der Waals surface area (Å²) < 4.78 is 8.70. The van der Waals surface area contributed by atoms with Gasteiger partial charge < -0.3 is 19.4 Å². The summed E-state index contributed by atoms with van der Waals surface area (Å²) in [5.41, 5.74) is 4.37. The quantitative estimate of drug-likeness (QED) is 0.216. The van der Waals surface area contributed by atoms with Crippen LogP contribution in [0, 0.1) is 0 Å². The number of pyridine rings is 1. The van der Waals surface area contributed by atoms with E-state index in [0.717, 1.165) is 29.5 Å². The van der Waals surface area contributed by atoms with E-state index in [1.807, 2.05) is 47.7 Å². The van der Waals surface area contributed by atoms with E-state index in [-0.39, 0.29) is 0 Å². The number of aromatic nitrogens is 1. The van der Waals surface area contributed by atoms with Crippen LogP contribution in [0.5, 0.6) is 11.6 Å². The molecule has 5 nitrogen and oxygen atoms in total. The number of thiophene rings is 1. The monoisotopic (exact) mass is 526 g/mol. The molecular weight excluding hydrogens is 500 g/mol. The fraction of sp³-hybridized carbons (Fsp3) is 0.0606. The highest BCUT2D eigenvalue weighted by Crippen LogP contribution is 2.46. The molecule has 0 fully saturated rings. The highest BCUT2D eigenvalue weighted by Gasteiger charge is 2.21. The predicted molar refractivity (Wildman–Crippen MR) is 163 cm³/mol. The highest BCUT2D eigenvalue weighted by molar-refractivity contribution is 7.26. The second kappa shape index (κ2) is 9.82. The van der Waals surface area contributed by atoms with Crippen LogP contribution in [0.2, 0.25) is 0 Å². The van der Waals surface area contributed by atoms with Crippen molar-refractivity contribution in [2.75, 3.05) is 23.5 Å². The lowest BCUT2D eigenvalue weighted by Gasteiger charge is -2.28. The van der Waals surface area contributed by atoms with Crippen LogP contribution in [0.4, 0.5) is 22.7 Å². The first kappa shape index (κ1) is 23.3. The molecule has 0 bridgehead atoms.